The van der Waals surface area contributed by atoms with Gasteiger partial charge in [0.15, 0.2) is 5.96 Å². The molecule has 0 saturated carbocycles. The molecule has 0 bridgehead atoms. The van der Waals surface area contributed by atoms with Crippen molar-refractivity contribution in [3.05, 3.63) is 0 Å². The fraction of sp³-hybridized carbons (Fsp3) is 0.929. The lowest BCUT2D eigenvalue weighted by molar-refractivity contribution is 0.0793. The molecular formula is C14H27N3OS. The second kappa shape index (κ2) is 7.39. The largest absolute Gasteiger partial charge is 0.381 e. The summed E-state index contributed by atoms with van der Waals surface area (Å²) < 4.78 is 5.71. The van der Waals surface area contributed by atoms with E-state index >= 15 is 0 Å². The van der Waals surface area contributed by atoms with Crippen LogP contribution in [-0.2, 0) is 4.74 Å². The van der Waals surface area contributed by atoms with Crippen LogP contribution in [0, 0.1) is 0 Å². The number of rotatable bonds is 3. The lowest BCUT2D eigenvalue weighted by Crippen LogP contribution is -2.41. The van der Waals surface area contributed by atoms with Crippen LogP contribution >= 0.6 is 11.8 Å². The summed E-state index contributed by atoms with van der Waals surface area (Å²) in [6.07, 6.45) is 9.51. The molecule has 0 aliphatic carbocycles. The first kappa shape index (κ1) is 15.0. The van der Waals surface area contributed by atoms with Crippen LogP contribution in [-0.4, -0.2) is 54.7 Å². The quantitative estimate of drug-likeness (QED) is 0.637. The van der Waals surface area contributed by atoms with Gasteiger partial charge in [0.25, 0.3) is 0 Å². The summed E-state index contributed by atoms with van der Waals surface area (Å²) in [6.45, 7) is 4.70. The zero-order valence-corrected chi connectivity index (χ0v) is 12.9. The van der Waals surface area contributed by atoms with Crippen molar-refractivity contribution in [1.82, 2.24) is 4.90 Å². The van der Waals surface area contributed by atoms with E-state index in [4.69, 9.17) is 15.5 Å². The molecule has 0 spiro atoms. The SMILES string of the molecule is CSC1(CN=C(N)N2CCCCCC2)CCOCC1. The zero-order chi connectivity index (χ0) is 13.6. The number of ether oxygens (including phenoxy) is 1. The van der Waals surface area contributed by atoms with Crippen LogP contribution in [0.3, 0.4) is 0 Å². The molecule has 0 amide bonds. The molecule has 2 rings (SSSR count). The van der Waals surface area contributed by atoms with Crippen molar-refractivity contribution < 1.29 is 4.74 Å². The summed E-state index contributed by atoms with van der Waals surface area (Å²) in [6, 6.07) is 0. The van der Waals surface area contributed by atoms with E-state index in [-0.39, 0.29) is 4.75 Å². The highest BCUT2D eigenvalue weighted by Crippen LogP contribution is 2.34. The molecule has 0 aromatic carbocycles. The highest BCUT2D eigenvalue weighted by Gasteiger charge is 2.31. The van der Waals surface area contributed by atoms with Gasteiger partial charge < -0.3 is 15.4 Å². The van der Waals surface area contributed by atoms with Crippen LogP contribution in [0.1, 0.15) is 38.5 Å². The monoisotopic (exact) mass is 285 g/mol. The zero-order valence-electron chi connectivity index (χ0n) is 12.1. The molecule has 2 aliphatic heterocycles. The number of hydrogen-bond acceptors (Lipinski definition) is 3. The summed E-state index contributed by atoms with van der Waals surface area (Å²) in [5, 5.41) is 0. The van der Waals surface area contributed by atoms with E-state index in [1.165, 1.54) is 25.7 Å². The molecule has 2 heterocycles. The number of thioether (sulfide) groups is 1. The highest BCUT2D eigenvalue weighted by molar-refractivity contribution is 8.00. The fourth-order valence-corrected chi connectivity index (χ4v) is 3.56. The molecule has 5 heteroatoms. The Labute approximate surface area is 121 Å². The molecular weight excluding hydrogens is 258 g/mol. The van der Waals surface area contributed by atoms with E-state index in [2.05, 4.69) is 11.2 Å². The minimum atomic E-state index is 0.245. The molecule has 2 N–H and O–H groups in total. The standard InChI is InChI=1S/C14H27N3OS/c1-19-14(6-10-18-11-7-14)12-16-13(15)17-8-4-2-3-5-9-17/h2-12H2,1H3,(H2,15,16). The van der Waals surface area contributed by atoms with Crippen LogP contribution in [0.5, 0.6) is 0 Å². The molecule has 2 saturated heterocycles. The predicted molar refractivity (Wildman–Crippen MR) is 82.8 cm³/mol. The van der Waals surface area contributed by atoms with Crippen molar-refractivity contribution in [2.75, 3.05) is 39.1 Å². The Morgan fingerprint density at radius 3 is 2.42 bits per heavy atom. The molecule has 4 nitrogen and oxygen atoms in total. The maximum absolute atomic E-state index is 6.18. The average molecular weight is 285 g/mol. The molecule has 0 radical (unpaired) electrons. The van der Waals surface area contributed by atoms with Gasteiger partial charge in [-0.1, -0.05) is 12.8 Å². The fourth-order valence-electron chi connectivity index (χ4n) is 2.80. The molecule has 110 valence electrons. The smallest absolute Gasteiger partial charge is 0.191 e. The predicted octanol–water partition coefficient (Wildman–Crippen LogP) is 2.09. The Bertz CT molecular complexity index is 295. The second-order valence-electron chi connectivity index (χ2n) is 5.58. The number of nitrogens with zero attached hydrogens (tertiary/aromatic N) is 2. The third kappa shape index (κ3) is 4.28. The van der Waals surface area contributed by atoms with E-state index in [9.17, 15) is 0 Å². The van der Waals surface area contributed by atoms with E-state index in [0.29, 0.717) is 0 Å². The first-order valence-corrected chi connectivity index (χ1v) is 8.66. The second-order valence-corrected chi connectivity index (χ2v) is 6.85. The molecule has 2 aliphatic rings. The minimum absolute atomic E-state index is 0.245. The summed E-state index contributed by atoms with van der Waals surface area (Å²) in [7, 11) is 0. The Hall–Kier alpha value is -0.420. The van der Waals surface area contributed by atoms with Crippen LogP contribution in [0.2, 0.25) is 0 Å². The Morgan fingerprint density at radius 2 is 1.84 bits per heavy atom. The average Bonchev–Trinajstić information content (AvgIpc) is 2.75. The van der Waals surface area contributed by atoms with E-state index in [0.717, 1.165) is 51.6 Å². The van der Waals surface area contributed by atoms with Crippen LogP contribution < -0.4 is 5.73 Å². The van der Waals surface area contributed by atoms with E-state index in [1.807, 2.05) is 11.8 Å². The number of hydrogen-bond donors (Lipinski definition) is 1. The Morgan fingerprint density at radius 1 is 1.21 bits per heavy atom. The summed E-state index contributed by atoms with van der Waals surface area (Å²) in [5.41, 5.74) is 6.18. The summed E-state index contributed by atoms with van der Waals surface area (Å²) >= 11 is 1.92. The van der Waals surface area contributed by atoms with Gasteiger partial charge in [-0.25, -0.2) is 0 Å². The number of aliphatic imine (C=N–C) groups is 1. The molecule has 0 aromatic heterocycles. The van der Waals surface area contributed by atoms with Crippen molar-refractivity contribution in [1.29, 1.82) is 0 Å². The van der Waals surface area contributed by atoms with Crippen LogP contribution in [0.25, 0.3) is 0 Å². The van der Waals surface area contributed by atoms with Gasteiger partial charge in [-0.15, -0.1) is 0 Å². The summed E-state index contributed by atoms with van der Waals surface area (Å²) in [4.78, 5) is 6.96. The van der Waals surface area contributed by atoms with Gasteiger partial charge in [0.2, 0.25) is 0 Å². The lowest BCUT2D eigenvalue weighted by Gasteiger charge is -2.34. The van der Waals surface area contributed by atoms with Crippen LogP contribution in [0.4, 0.5) is 0 Å². The minimum Gasteiger partial charge on any atom is -0.381 e. The van der Waals surface area contributed by atoms with Gasteiger partial charge in [0.1, 0.15) is 0 Å². The first-order valence-electron chi connectivity index (χ1n) is 7.43. The van der Waals surface area contributed by atoms with Crippen molar-refractivity contribution in [3.63, 3.8) is 0 Å². The van der Waals surface area contributed by atoms with E-state index < -0.39 is 0 Å². The topological polar surface area (TPSA) is 50.8 Å². The molecule has 0 unspecified atom stereocenters. The third-order valence-electron chi connectivity index (χ3n) is 4.30. The van der Waals surface area contributed by atoms with Crippen molar-refractivity contribution in [3.8, 4) is 0 Å². The van der Waals surface area contributed by atoms with Gasteiger partial charge in [0, 0.05) is 31.1 Å². The molecule has 0 atom stereocenters. The van der Waals surface area contributed by atoms with Gasteiger partial charge in [0.05, 0.1) is 6.54 Å². The van der Waals surface area contributed by atoms with Crippen molar-refractivity contribution in [2.45, 2.75) is 43.3 Å². The van der Waals surface area contributed by atoms with Crippen molar-refractivity contribution in [2.24, 2.45) is 10.7 Å². The van der Waals surface area contributed by atoms with Gasteiger partial charge >= 0.3 is 0 Å². The molecule has 19 heavy (non-hydrogen) atoms. The van der Waals surface area contributed by atoms with Crippen molar-refractivity contribution >= 4 is 17.7 Å². The van der Waals surface area contributed by atoms with E-state index in [1.54, 1.807) is 0 Å². The third-order valence-corrected chi connectivity index (χ3v) is 5.70. The Kier molecular flexibility index (Phi) is 5.82. The summed E-state index contributed by atoms with van der Waals surface area (Å²) in [5.74, 6) is 0.752. The van der Waals surface area contributed by atoms with Gasteiger partial charge in [-0.3, -0.25) is 4.99 Å². The molecule has 2 fully saturated rings. The molecule has 0 aromatic rings. The normalized spacial score (nSPS) is 25.1. The van der Waals surface area contributed by atoms with Gasteiger partial charge in [-0.2, -0.15) is 11.8 Å². The number of nitrogens with two attached hydrogens (primary N) is 1. The number of likely N-dealkylation sites (tertiary alicyclic amines) is 1. The number of guanidine groups is 1. The maximum Gasteiger partial charge on any atom is 0.191 e. The van der Waals surface area contributed by atoms with Crippen LogP contribution in [0.15, 0.2) is 4.99 Å². The Balaban J connectivity index is 1.91. The maximum atomic E-state index is 6.18. The van der Waals surface area contributed by atoms with Gasteiger partial charge in [-0.05, 0) is 31.9 Å². The lowest BCUT2D eigenvalue weighted by atomic mass is 9.99. The first-order chi connectivity index (χ1) is 9.26. The highest BCUT2D eigenvalue weighted by atomic mass is 32.2.